The molecule has 57 heavy (non-hydrogen) atoms. The van der Waals surface area contributed by atoms with E-state index in [0.717, 1.165) is 22.8 Å². The molecule has 15 nitrogen and oxygen atoms in total. The third-order valence-electron chi connectivity index (χ3n) is 8.10. The van der Waals surface area contributed by atoms with E-state index in [9.17, 15) is 19.2 Å². The number of hydrogen-bond donors (Lipinski definition) is 6. The van der Waals surface area contributed by atoms with Crippen molar-refractivity contribution in [1.82, 2.24) is 35.6 Å². The molecule has 10 N–H and O–H groups in total. The Bertz CT molecular complexity index is 1860. The van der Waals surface area contributed by atoms with Crippen molar-refractivity contribution in [3.05, 3.63) is 115 Å². The fraction of sp³-hybridized carbons (Fsp3) is 0.256. The molecule has 302 valence electrons. The van der Waals surface area contributed by atoms with E-state index >= 15 is 0 Å². The normalized spacial score (nSPS) is 11.1. The number of carbonyl (C=O) groups excluding carboxylic acids is 4. The molecule has 5 heterocycles. The molecule has 2 unspecified atom stereocenters. The molecular weight excluding hydrogens is 858 g/mol. The van der Waals surface area contributed by atoms with Gasteiger partial charge in [0.1, 0.15) is 12.1 Å². The number of nitrogens with two attached hydrogens (primary N) is 4. The second-order valence-electron chi connectivity index (χ2n) is 12.1. The van der Waals surface area contributed by atoms with Crippen LogP contribution >= 0.6 is 12.4 Å². The van der Waals surface area contributed by atoms with Crippen LogP contribution < -0.4 is 46.0 Å². The van der Waals surface area contributed by atoms with Gasteiger partial charge in [0.05, 0.1) is 34.2 Å². The van der Waals surface area contributed by atoms with E-state index in [-0.39, 0.29) is 55.4 Å². The Morgan fingerprint density at radius 1 is 0.526 bits per heavy atom. The molecule has 0 aromatic carbocycles. The van der Waals surface area contributed by atoms with Gasteiger partial charge in [-0.15, -0.1) is 12.4 Å². The minimum absolute atomic E-state index is 0. The van der Waals surface area contributed by atoms with E-state index in [2.05, 4.69) is 35.6 Å². The Kier molecular flexibility index (Phi) is 23.2. The third kappa shape index (κ3) is 16.0. The summed E-state index contributed by atoms with van der Waals surface area (Å²) in [7, 11) is 0. The molecule has 5 aromatic rings. The Morgan fingerprint density at radius 2 is 0.912 bits per heavy atom. The van der Waals surface area contributed by atoms with E-state index in [1.165, 1.54) is 36.7 Å². The predicted octanol–water partition coefficient (Wildman–Crippen LogP) is 0.198. The summed E-state index contributed by atoms with van der Waals surface area (Å²) < 4.78 is 0. The van der Waals surface area contributed by atoms with Gasteiger partial charge in [0.25, 0.3) is 11.8 Å². The van der Waals surface area contributed by atoms with E-state index in [1.54, 1.807) is 12.4 Å². The smallest absolute Gasteiger partial charge is 1.00 e. The molecule has 0 fully saturated rings. The van der Waals surface area contributed by atoms with Gasteiger partial charge in [-0.1, -0.05) is 18.2 Å². The summed E-state index contributed by atoms with van der Waals surface area (Å²) in [5.74, 6) is -2.25. The van der Waals surface area contributed by atoms with Crippen molar-refractivity contribution >= 4 is 36.0 Å². The van der Waals surface area contributed by atoms with Crippen LogP contribution in [0, 0.1) is 0 Å². The van der Waals surface area contributed by atoms with Crippen molar-refractivity contribution in [2.45, 2.75) is 50.6 Å². The molecule has 0 saturated carbocycles. The molecule has 4 amide bonds. The Balaban J connectivity index is 0.000000648. The maximum atomic E-state index is 12.7. The Hall–Kier alpha value is -5.25. The molecule has 5 aromatic heterocycles. The van der Waals surface area contributed by atoms with Crippen molar-refractivity contribution in [3.8, 4) is 34.2 Å². The summed E-state index contributed by atoms with van der Waals surface area (Å²) in [6.07, 6.45) is 9.86. The van der Waals surface area contributed by atoms with E-state index in [1.807, 2.05) is 54.6 Å². The molecule has 0 spiro atoms. The molecular formula is C39H46Cl2N11O4Ru+. The van der Waals surface area contributed by atoms with Crippen molar-refractivity contribution in [1.29, 1.82) is 0 Å². The van der Waals surface area contributed by atoms with Gasteiger partial charge in [-0.25, -0.2) is 4.98 Å². The number of unbranched alkanes of at least 4 members (excludes halogenated alkanes) is 2. The number of primary amides is 2. The number of halogens is 2. The topological polar surface area (TPSA) is 261 Å². The third-order valence-corrected chi connectivity index (χ3v) is 8.10. The zero-order chi connectivity index (χ0) is 38.7. The van der Waals surface area contributed by atoms with Crippen molar-refractivity contribution in [2.75, 3.05) is 13.1 Å². The number of nitrogens with one attached hydrogen (secondary N) is 2. The van der Waals surface area contributed by atoms with Gasteiger partial charge >= 0.3 is 19.5 Å². The Morgan fingerprint density at radius 3 is 1.26 bits per heavy atom. The summed E-state index contributed by atoms with van der Waals surface area (Å²) in [6.45, 7) is 0.962. The van der Waals surface area contributed by atoms with Gasteiger partial charge in [0, 0.05) is 35.9 Å². The van der Waals surface area contributed by atoms with Crippen molar-refractivity contribution in [3.63, 3.8) is 0 Å². The molecule has 2 atom stereocenters. The average Bonchev–Trinajstić information content (AvgIpc) is 3.21. The van der Waals surface area contributed by atoms with Crippen LogP contribution in [0.5, 0.6) is 0 Å². The first-order valence-corrected chi connectivity index (χ1v) is 17.5. The summed E-state index contributed by atoms with van der Waals surface area (Å²) in [6, 6.07) is 21.8. The molecule has 0 aliphatic rings. The maximum Gasteiger partial charge on any atom is 2.00 e. The molecule has 0 bridgehead atoms. The van der Waals surface area contributed by atoms with E-state index < -0.39 is 35.7 Å². The van der Waals surface area contributed by atoms with Crippen molar-refractivity contribution in [2.24, 2.45) is 22.9 Å². The van der Waals surface area contributed by atoms with Gasteiger partial charge in [-0.2, -0.15) is 0 Å². The fourth-order valence-electron chi connectivity index (χ4n) is 5.21. The Labute approximate surface area is 356 Å². The number of rotatable bonds is 17. The van der Waals surface area contributed by atoms with Gasteiger partial charge in [-0.3, -0.25) is 39.1 Å². The quantitative estimate of drug-likeness (QED) is 0.0543. The minimum Gasteiger partial charge on any atom is -1.00 e. The van der Waals surface area contributed by atoms with Crippen molar-refractivity contribution < 1.29 is 51.1 Å². The monoisotopic (exact) mass is 904 g/mol. The first-order chi connectivity index (χ1) is 26.2. The molecule has 0 radical (unpaired) electrons. The summed E-state index contributed by atoms with van der Waals surface area (Å²) >= 11 is 0. The number of aromatic nitrogens is 5. The first-order valence-electron chi connectivity index (χ1n) is 17.5. The number of amides is 4. The number of nitrogens with zero attached hydrogens (tertiary/aromatic N) is 5. The van der Waals surface area contributed by atoms with Crippen LogP contribution in [0.4, 0.5) is 0 Å². The second-order valence-corrected chi connectivity index (χ2v) is 12.1. The van der Waals surface area contributed by atoms with E-state index in [0.29, 0.717) is 63.0 Å². The fourth-order valence-corrected chi connectivity index (χ4v) is 5.21. The van der Waals surface area contributed by atoms with Gasteiger partial charge in [0.15, 0.2) is 0 Å². The molecule has 5 rings (SSSR count). The van der Waals surface area contributed by atoms with Crippen LogP contribution in [0.15, 0.2) is 104 Å². The van der Waals surface area contributed by atoms with Crippen LogP contribution in [0.2, 0.25) is 0 Å². The summed E-state index contributed by atoms with van der Waals surface area (Å²) in [5.41, 5.74) is 26.4. The molecule has 0 aliphatic heterocycles. The summed E-state index contributed by atoms with van der Waals surface area (Å²) in [4.78, 5) is 70.6. The van der Waals surface area contributed by atoms with Gasteiger partial charge < -0.3 is 46.0 Å². The number of pyridine rings is 5. The average molecular weight is 905 g/mol. The summed E-state index contributed by atoms with van der Waals surface area (Å²) in [5, 5.41) is 5.27. The zero-order valence-corrected chi connectivity index (χ0v) is 34.3. The largest absolute Gasteiger partial charge is 2.00 e. The van der Waals surface area contributed by atoms with Crippen LogP contribution in [-0.4, -0.2) is 73.7 Å². The standard InChI is InChI=1S/C24H34N8O4.C15H11N3.2ClH.Ru/c25-9-3-1-5-17(21(27)33)31-23(35)15-7-11-29-19(13-15)20-14-16(8-12-30-20)24(36)32-18(22(28)34)6-2-4-10-26;1-3-10-16-12(6-1)14-8-5-9-15(18-14)13-7-2-4-11-17-13;;;/h7-8,11-14,17-18H,1-6,9-10,25-26H2,(H2,27,33)(H2,28,34)(H,31,35)(H,32,36);1-11H;2*1H;/q;;;;+2/p-1. The van der Waals surface area contributed by atoms with Crippen LogP contribution in [0.1, 0.15) is 59.2 Å². The van der Waals surface area contributed by atoms with Gasteiger partial charge in [0.2, 0.25) is 11.8 Å². The maximum absolute atomic E-state index is 12.7. The molecule has 0 saturated heterocycles. The van der Waals surface area contributed by atoms with Crippen LogP contribution in [-0.2, 0) is 29.1 Å². The van der Waals surface area contributed by atoms with Gasteiger partial charge in [-0.05, 0) is 112 Å². The number of hydrogen-bond acceptors (Lipinski definition) is 11. The SMILES string of the molecule is Cl.NCCCCC(NC(=O)c1ccnc(-c2cc(C(=O)NC(CCCCN)C(N)=O)ccn2)c1)C(N)=O.[Cl-].[Ru+2].c1ccc(-c2cccc(-c3ccccn3)n2)nc1. The second kappa shape index (κ2) is 26.6. The van der Waals surface area contributed by atoms with Crippen LogP contribution in [0.3, 0.4) is 0 Å². The molecule has 0 aliphatic carbocycles. The zero-order valence-electron chi connectivity index (χ0n) is 30.9. The van der Waals surface area contributed by atoms with Crippen LogP contribution in [0.25, 0.3) is 34.2 Å². The van der Waals surface area contributed by atoms with E-state index in [4.69, 9.17) is 22.9 Å². The number of carbonyl (C=O) groups is 4. The first kappa shape index (κ1) is 49.8. The minimum atomic E-state index is -0.825. The molecule has 18 heteroatoms. The predicted molar refractivity (Wildman–Crippen MR) is 212 cm³/mol.